The molecule has 0 aliphatic heterocycles. The van der Waals surface area contributed by atoms with Crippen molar-refractivity contribution in [2.45, 2.75) is 39.3 Å². The smallest absolute Gasteiger partial charge is 0.248 e. The molecule has 0 bridgehead atoms. The summed E-state index contributed by atoms with van der Waals surface area (Å²) in [4.78, 5) is 15.9. The highest BCUT2D eigenvalue weighted by atomic mass is 19.1. The van der Waals surface area contributed by atoms with Crippen molar-refractivity contribution in [1.29, 1.82) is 0 Å². The van der Waals surface area contributed by atoms with Crippen LogP contribution in [-0.4, -0.2) is 25.0 Å². The van der Waals surface area contributed by atoms with Gasteiger partial charge >= 0.3 is 0 Å². The first kappa shape index (κ1) is 21.6. The number of nitrogens with zero attached hydrogens (tertiary/aromatic N) is 1. The first-order valence-corrected chi connectivity index (χ1v) is 10.3. The van der Waals surface area contributed by atoms with Gasteiger partial charge in [0.1, 0.15) is 0 Å². The van der Waals surface area contributed by atoms with E-state index in [1.807, 2.05) is 26.0 Å². The lowest BCUT2D eigenvalue weighted by Crippen LogP contribution is -2.38. The molecular weight excluding hydrogens is 383 g/mol. The van der Waals surface area contributed by atoms with Crippen molar-refractivity contribution in [3.05, 3.63) is 65.0 Å². The molecule has 6 nitrogen and oxygen atoms in total. The Hall–Kier alpha value is -3.09. The number of nitrogens with one attached hydrogen (secondary N) is 2. The van der Waals surface area contributed by atoms with E-state index in [1.54, 1.807) is 24.3 Å². The van der Waals surface area contributed by atoms with E-state index in [1.165, 1.54) is 18.9 Å². The largest absolute Gasteiger partial charge is 0.490 e. The quantitative estimate of drug-likeness (QED) is 0.434. The Morgan fingerprint density at radius 3 is 2.77 bits per heavy atom. The molecule has 2 aromatic rings. The van der Waals surface area contributed by atoms with Gasteiger partial charge in [0.15, 0.2) is 17.5 Å². The molecular formula is C23H29FN4O2. The Labute approximate surface area is 176 Å². The van der Waals surface area contributed by atoms with Crippen molar-refractivity contribution in [2.75, 3.05) is 13.2 Å². The standard InChI is InChI=1S/C23H29FN4O2/c1-3-26-23(27-13-17-5-4-6-19(11-17)22(25)29)28-15(2)18-9-10-21(20(24)12-18)30-14-16-7-8-16/h4-6,9-12,15-16H,3,7-8,13-14H2,1-2H3,(H2,25,29)(H2,26,27,28). The molecule has 160 valence electrons. The number of halogens is 1. The van der Waals surface area contributed by atoms with Gasteiger partial charge in [0, 0.05) is 12.1 Å². The van der Waals surface area contributed by atoms with Crippen molar-refractivity contribution in [3.8, 4) is 5.75 Å². The molecule has 1 atom stereocenters. The van der Waals surface area contributed by atoms with Crippen molar-refractivity contribution < 1.29 is 13.9 Å². The fourth-order valence-electron chi connectivity index (χ4n) is 3.00. The van der Waals surface area contributed by atoms with Crippen molar-refractivity contribution in [1.82, 2.24) is 10.6 Å². The van der Waals surface area contributed by atoms with Crippen LogP contribution in [0.3, 0.4) is 0 Å². The van der Waals surface area contributed by atoms with Gasteiger partial charge in [-0.3, -0.25) is 4.79 Å². The first-order chi connectivity index (χ1) is 14.5. The average Bonchev–Trinajstić information content (AvgIpc) is 3.56. The molecule has 30 heavy (non-hydrogen) atoms. The van der Waals surface area contributed by atoms with Gasteiger partial charge in [-0.05, 0) is 68.0 Å². The number of nitrogens with two attached hydrogens (primary N) is 1. The summed E-state index contributed by atoms with van der Waals surface area (Å²) in [6, 6.07) is 12.0. The summed E-state index contributed by atoms with van der Waals surface area (Å²) in [6.45, 7) is 5.56. The Kier molecular flexibility index (Phi) is 7.27. The SMILES string of the molecule is CCNC(=NCc1cccc(C(N)=O)c1)NC(C)c1ccc(OCC2CC2)c(F)c1. The Morgan fingerprint density at radius 1 is 1.30 bits per heavy atom. The molecule has 1 amide bonds. The van der Waals surface area contributed by atoms with Crippen LogP contribution in [0.1, 0.15) is 54.2 Å². The van der Waals surface area contributed by atoms with E-state index < -0.39 is 5.91 Å². The number of amides is 1. The molecule has 2 aromatic carbocycles. The third-order valence-electron chi connectivity index (χ3n) is 4.96. The van der Waals surface area contributed by atoms with Crippen LogP contribution < -0.4 is 21.1 Å². The van der Waals surface area contributed by atoms with E-state index in [2.05, 4.69) is 15.6 Å². The van der Waals surface area contributed by atoms with Gasteiger partial charge in [0.2, 0.25) is 5.91 Å². The molecule has 1 unspecified atom stereocenters. The van der Waals surface area contributed by atoms with Gasteiger partial charge in [-0.25, -0.2) is 9.38 Å². The van der Waals surface area contributed by atoms with E-state index >= 15 is 0 Å². The molecule has 0 aromatic heterocycles. The van der Waals surface area contributed by atoms with Gasteiger partial charge in [-0.15, -0.1) is 0 Å². The second-order valence-corrected chi connectivity index (χ2v) is 7.57. The van der Waals surface area contributed by atoms with Crippen LogP contribution in [0.25, 0.3) is 0 Å². The summed E-state index contributed by atoms with van der Waals surface area (Å²) in [5.74, 6) is 0.655. The normalized spacial score (nSPS) is 14.8. The number of ether oxygens (including phenoxy) is 1. The Balaban J connectivity index is 1.64. The summed E-state index contributed by atoms with van der Waals surface area (Å²) in [5, 5.41) is 6.47. The van der Waals surface area contributed by atoms with Crippen LogP contribution >= 0.6 is 0 Å². The van der Waals surface area contributed by atoms with Crippen molar-refractivity contribution >= 4 is 11.9 Å². The van der Waals surface area contributed by atoms with Gasteiger partial charge < -0.3 is 21.1 Å². The highest BCUT2D eigenvalue weighted by molar-refractivity contribution is 5.92. The molecule has 1 aliphatic carbocycles. The maximum absolute atomic E-state index is 14.4. The second kappa shape index (κ2) is 10.1. The van der Waals surface area contributed by atoms with E-state index in [9.17, 15) is 9.18 Å². The fraction of sp³-hybridized carbons (Fsp3) is 0.391. The zero-order chi connectivity index (χ0) is 21.5. The summed E-state index contributed by atoms with van der Waals surface area (Å²) in [5.41, 5.74) is 7.46. The zero-order valence-electron chi connectivity index (χ0n) is 17.5. The number of hydrogen-bond donors (Lipinski definition) is 3. The van der Waals surface area contributed by atoms with Gasteiger partial charge in [-0.1, -0.05) is 18.2 Å². The van der Waals surface area contributed by atoms with Crippen LogP contribution in [-0.2, 0) is 6.54 Å². The molecule has 1 fully saturated rings. The van der Waals surface area contributed by atoms with Gasteiger partial charge in [0.25, 0.3) is 0 Å². The Bertz CT molecular complexity index is 912. The monoisotopic (exact) mass is 412 g/mol. The van der Waals surface area contributed by atoms with E-state index in [0.717, 1.165) is 11.1 Å². The van der Waals surface area contributed by atoms with E-state index in [-0.39, 0.29) is 11.9 Å². The predicted octanol–water partition coefficient (Wildman–Crippen LogP) is 3.53. The lowest BCUT2D eigenvalue weighted by Gasteiger charge is -2.19. The minimum atomic E-state index is -0.467. The number of guanidine groups is 1. The highest BCUT2D eigenvalue weighted by Crippen LogP contribution is 2.30. The highest BCUT2D eigenvalue weighted by Gasteiger charge is 2.22. The maximum Gasteiger partial charge on any atom is 0.248 e. The molecule has 3 rings (SSSR count). The van der Waals surface area contributed by atoms with E-state index in [0.29, 0.717) is 42.9 Å². The van der Waals surface area contributed by atoms with Gasteiger partial charge in [-0.2, -0.15) is 0 Å². The Morgan fingerprint density at radius 2 is 2.10 bits per heavy atom. The maximum atomic E-state index is 14.4. The molecule has 0 saturated heterocycles. The average molecular weight is 413 g/mol. The van der Waals surface area contributed by atoms with Crippen LogP contribution in [0.15, 0.2) is 47.5 Å². The number of hydrogen-bond acceptors (Lipinski definition) is 3. The second-order valence-electron chi connectivity index (χ2n) is 7.57. The number of carbonyl (C=O) groups is 1. The topological polar surface area (TPSA) is 88.7 Å². The van der Waals surface area contributed by atoms with Gasteiger partial charge in [0.05, 0.1) is 19.2 Å². The van der Waals surface area contributed by atoms with Crippen LogP contribution in [0.4, 0.5) is 4.39 Å². The third kappa shape index (κ3) is 6.20. The molecule has 1 aliphatic rings. The minimum absolute atomic E-state index is 0.160. The summed E-state index contributed by atoms with van der Waals surface area (Å²) < 4.78 is 20.0. The van der Waals surface area contributed by atoms with E-state index in [4.69, 9.17) is 10.5 Å². The number of rotatable bonds is 9. The molecule has 0 radical (unpaired) electrons. The lowest BCUT2D eigenvalue weighted by molar-refractivity contribution is 0.1000. The van der Waals surface area contributed by atoms with Crippen LogP contribution in [0.5, 0.6) is 5.75 Å². The predicted molar refractivity (Wildman–Crippen MR) is 116 cm³/mol. The van der Waals surface area contributed by atoms with Crippen LogP contribution in [0.2, 0.25) is 0 Å². The van der Waals surface area contributed by atoms with Crippen LogP contribution in [0, 0.1) is 11.7 Å². The lowest BCUT2D eigenvalue weighted by atomic mass is 10.1. The number of carbonyl (C=O) groups excluding carboxylic acids is 1. The molecule has 4 N–H and O–H groups in total. The molecule has 0 spiro atoms. The molecule has 1 saturated carbocycles. The molecule has 0 heterocycles. The molecule has 7 heteroatoms. The minimum Gasteiger partial charge on any atom is -0.490 e. The fourth-order valence-corrected chi connectivity index (χ4v) is 3.00. The third-order valence-corrected chi connectivity index (χ3v) is 4.96. The summed E-state index contributed by atoms with van der Waals surface area (Å²) in [7, 11) is 0. The number of primary amides is 1. The number of aliphatic imine (C=N–C) groups is 1. The van der Waals surface area contributed by atoms with Crippen molar-refractivity contribution in [3.63, 3.8) is 0 Å². The zero-order valence-corrected chi connectivity index (χ0v) is 17.5. The number of benzene rings is 2. The summed E-state index contributed by atoms with van der Waals surface area (Å²) >= 11 is 0. The first-order valence-electron chi connectivity index (χ1n) is 10.3. The van der Waals surface area contributed by atoms with Crippen molar-refractivity contribution in [2.24, 2.45) is 16.6 Å². The summed E-state index contributed by atoms with van der Waals surface area (Å²) in [6.07, 6.45) is 2.33.